The van der Waals surface area contributed by atoms with E-state index >= 15 is 0 Å². The molecule has 2 aromatic rings. The maximum Gasteiger partial charge on any atom is 0.303 e. The average Bonchev–Trinajstić information content (AvgIpc) is 2.64. The molecule has 0 saturated heterocycles. The Morgan fingerprint density at radius 2 is 1.77 bits per heavy atom. The molecule has 0 aliphatic heterocycles. The Hall–Kier alpha value is -3.39. The van der Waals surface area contributed by atoms with E-state index in [1.54, 1.807) is 24.3 Å². The van der Waals surface area contributed by atoms with Crippen molar-refractivity contribution in [1.82, 2.24) is 5.43 Å². The van der Waals surface area contributed by atoms with Crippen molar-refractivity contribution in [2.75, 3.05) is 5.01 Å². The van der Waals surface area contributed by atoms with E-state index in [-0.39, 0.29) is 18.5 Å². The van der Waals surface area contributed by atoms with Crippen LogP contribution in [0.4, 0.5) is 11.4 Å². The number of aliphatic hydroxyl groups excluding tert-OH is 1. The summed E-state index contributed by atoms with van der Waals surface area (Å²) in [7, 11) is 0. The summed E-state index contributed by atoms with van der Waals surface area (Å²) in [5.74, 6) is -0.949. The van der Waals surface area contributed by atoms with Crippen molar-refractivity contribution < 1.29 is 19.9 Å². The molecule has 8 heteroatoms. The molecule has 0 heterocycles. The smallest absolute Gasteiger partial charge is 0.303 e. The third-order valence-corrected chi connectivity index (χ3v) is 3.60. The van der Waals surface area contributed by atoms with Gasteiger partial charge in [-0.05, 0) is 30.7 Å². The zero-order chi connectivity index (χ0) is 19.1. The molecule has 0 bridgehead atoms. The number of carbonyl (C=O) groups is 1. The predicted molar refractivity (Wildman–Crippen MR) is 96.1 cm³/mol. The van der Waals surface area contributed by atoms with Crippen molar-refractivity contribution in [3.05, 3.63) is 82.6 Å². The lowest BCUT2D eigenvalue weighted by molar-refractivity contribution is -0.384. The number of rotatable bonds is 9. The van der Waals surface area contributed by atoms with E-state index < -0.39 is 17.1 Å². The van der Waals surface area contributed by atoms with Gasteiger partial charge in [-0.3, -0.25) is 19.9 Å². The van der Waals surface area contributed by atoms with Gasteiger partial charge >= 0.3 is 5.97 Å². The lowest BCUT2D eigenvalue weighted by Gasteiger charge is -2.32. The molecule has 2 rings (SSSR count). The number of para-hydroxylation sites is 1. The molecule has 0 aliphatic rings. The summed E-state index contributed by atoms with van der Waals surface area (Å²) >= 11 is 0. The Morgan fingerprint density at radius 3 is 2.31 bits per heavy atom. The largest absolute Gasteiger partial charge is 0.481 e. The lowest BCUT2D eigenvalue weighted by Crippen LogP contribution is -2.40. The second-order valence-electron chi connectivity index (χ2n) is 5.54. The number of aliphatic carboxylic acids is 1. The molecular formula is C18H19N3O5. The molecule has 1 unspecified atom stereocenters. The molecule has 0 saturated carbocycles. The van der Waals surface area contributed by atoms with Crippen molar-refractivity contribution in [2.24, 2.45) is 0 Å². The van der Waals surface area contributed by atoms with Crippen LogP contribution >= 0.6 is 0 Å². The van der Waals surface area contributed by atoms with Crippen molar-refractivity contribution in [1.29, 1.82) is 0 Å². The van der Waals surface area contributed by atoms with Crippen molar-refractivity contribution in [3.8, 4) is 0 Å². The number of benzene rings is 2. The molecule has 0 radical (unpaired) electrons. The van der Waals surface area contributed by atoms with Gasteiger partial charge in [0.2, 0.25) is 0 Å². The van der Waals surface area contributed by atoms with Gasteiger partial charge in [0.05, 0.1) is 17.0 Å². The zero-order valence-corrected chi connectivity index (χ0v) is 13.9. The summed E-state index contributed by atoms with van der Waals surface area (Å²) in [6.45, 7) is 3.79. The summed E-state index contributed by atoms with van der Waals surface area (Å²) in [5, 5.41) is 31.7. The number of non-ortho nitro benzene ring substituents is 1. The first-order valence-corrected chi connectivity index (χ1v) is 7.81. The molecule has 0 aliphatic carbocycles. The summed E-state index contributed by atoms with van der Waals surface area (Å²) < 4.78 is 0. The number of carboxylic acids is 1. The maximum absolute atomic E-state index is 10.8. The first-order valence-electron chi connectivity index (χ1n) is 7.81. The van der Waals surface area contributed by atoms with E-state index in [4.69, 9.17) is 5.11 Å². The van der Waals surface area contributed by atoms with Gasteiger partial charge in [0.15, 0.2) is 6.23 Å². The van der Waals surface area contributed by atoms with Gasteiger partial charge in [0.1, 0.15) is 0 Å². The van der Waals surface area contributed by atoms with Crippen molar-refractivity contribution in [3.63, 3.8) is 0 Å². The predicted octanol–water partition coefficient (Wildman–Crippen LogP) is 2.98. The highest BCUT2D eigenvalue weighted by Crippen LogP contribution is 2.25. The second kappa shape index (κ2) is 8.63. The number of nitrogens with one attached hydrogen (secondary N) is 1. The van der Waals surface area contributed by atoms with Crippen LogP contribution in [0.25, 0.3) is 0 Å². The number of nitro benzene ring substituents is 1. The minimum absolute atomic E-state index is 0.0777. The molecule has 0 aromatic heterocycles. The van der Waals surface area contributed by atoms with E-state index in [9.17, 15) is 20.0 Å². The summed E-state index contributed by atoms with van der Waals surface area (Å²) in [4.78, 5) is 21.0. The van der Waals surface area contributed by atoms with E-state index in [0.717, 1.165) is 0 Å². The Labute approximate surface area is 150 Å². The van der Waals surface area contributed by atoms with Gasteiger partial charge in [-0.25, -0.2) is 0 Å². The highest BCUT2D eigenvalue weighted by atomic mass is 16.6. The minimum atomic E-state index is -1.17. The molecular weight excluding hydrogens is 338 g/mol. The number of carboxylic acid groups (broad SMARTS) is 1. The number of allylic oxidation sites excluding steroid dienone is 1. The van der Waals surface area contributed by atoms with Gasteiger partial charge in [0, 0.05) is 23.4 Å². The molecule has 8 nitrogen and oxygen atoms in total. The zero-order valence-electron chi connectivity index (χ0n) is 13.9. The van der Waals surface area contributed by atoms with Crippen LogP contribution in [0.15, 0.2) is 66.9 Å². The Bertz CT molecular complexity index is 777. The summed E-state index contributed by atoms with van der Waals surface area (Å²) in [6, 6.07) is 14.4. The lowest BCUT2D eigenvalue weighted by atomic mass is 10.1. The van der Waals surface area contributed by atoms with E-state index in [2.05, 4.69) is 12.0 Å². The Balaban J connectivity index is 2.23. The molecule has 136 valence electrons. The summed E-state index contributed by atoms with van der Waals surface area (Å²) in [6.07, 6.45) is -1.08. The number of aliphatic hydroxyl groups is 1. The number of hydrogen-bond donors (Lipinski definition) is 3. The second-order valence-corrected chi connectivity index (χ2v) is 5.54. The van der Waals surface area contributed by atoms with Crippen LogP contribution in [-0.2, 0) is 4.79 Å². The number of hydrazine groups is 1. The van der Waals surface area contributed by atoms with Crippen LogP contribution < -0.4 is 10.4 Å². The topological polar surface area (TPSA) is 116 Å². The molecule has 26 heavy (non-hydrogen) atoms. The fourth-order valence-corrected chi connectivity index (χ4v) is 2.26. The standard InChI is InChI=1S/C18H19N3O5/c1-13(7-12-17(22)23)19-20(15-5-3-2-4-6-15)18(24)14-8-10-16(11-9-14)21(25)26/h2-6,8-11,18-19,24H,1,7,12H2,(H,22,23). The van der Waals surface area contributed by atoms with Gasteiger partial charge in [-0.1, -0.05) is 24.8 Å². The van der Waals surface area contributed by atoms with Crippen molar-refractivity contribution in [2.45, 2.75) is 19.1 Å². The highest BCUT2D eigenvalue weighted by molar-refractivity contribution is 5.67. The SMILES string of the molecule is C=C(CCC(=O)O)NN(c1ccccc1)C(O)c1ccc([N+](=O)[O-])cc1. The van der Waals surface area contributed by atoms with Gasteiger partial charge in [0.25, 0.3) is 5.69 Å². The van der Waals surface area contributed by atoms with Crippen molar-refractivity contribution >= 4 is 17.3 Å². The molecule has 0 amide bonds. The minimum Gasteiger partial charge on any atom is -0.481 e. The van der Waals surface area contributed by atoms with Gasteiger partial charge < -0.3 is 15.6 Å². The monoisotopic (exact) mass is 357 g/mol. The summed E-state index contributed by atoms with van der Waals surface area (Å²) in [5.41, 5.74) is 4.30. The molecule has 2 aromatic carbocycles. The van der Waals surface area contributed by atoms with E-state index in [0.29, 0.717) is 16.9 Å². The quantitative estimate of drug-likeness (QED) is 0.359. The molecule has 3 N–H and O–H groups in total. The fourth-order valence-electron chi connectivity index (χ4n) is 2.26. The first kappa shape index (κ1) is 18.9. The van der Waals surface area contributed by atoms with E-state index in [1.165, 1.54) is 29.3 Å². The average molecular weight is 357 g/mol. The van der Waals surface area contributed by atoms with Crippen LogP contribution in [0.5, 0.6) is 0 Å². The number of hydrogen-bond acceptors (Lipinski definition) is 6. The van der Waals surface area contributed by atoms with Gasteiger partial charge in [-0.15, -0.1) is 0 Å². The van der Waals surface area contributed by atoms with Crippen LogP contribution in [0.1, 0.15) is 24.6 Å². The van der Waals surface area contributed by atoms with Crippen LogP contribution in [0.2, 0.25) is 0 Å². The maximum atomic E-state index is 10.8. The Kier molecular flexibility index (Phi) is 6.29. The molecule has 0 fully saturated rings. The molecule has 0 spiro atoms. The fraction of sp³-hybridized carbons (Fsp3) is 0.167. The number of nitro groups is 1. The van der Waals surface area contributed by atoms with Crippen LogP contribution in [0.3, 0.4) is 0 Å². The third-order valence-electron chi connectivity index (χ3n) is 3.60. The van der Waals surface area contributed by atoms with Crippen LogP contribution in [-0.4, -0.2) is 21.1 Å². The highest BCUT2D eigenvalue weighted by Gasteiger charge is 2.20. The van der Waals surface area contributed by atoms with Crippen LogP contribution in [0, 0.1) is 10.1 Å². The third kappa shape index (κ3) is 5.05. The Morgan fingerprint density at radius 1 is 1.15 bits per heavy atom. The first-order chi connectivity index (χ1) is 12.4. The number of anilines is 1. The normalized spacial score (nSPS) is 11.4. The molecule has 1 atom stereocenters. The van der Waals surface area contributed by atoms with E-state index in [1.807, 2.05) is 6.07 Å². The van der Waals surface area contributed by atoms with Gasteiger partial charge in [-0.2, -0.15) is 0 Å². The number of nitrogens with zero attached hydrogens (tertiary/aromatic N) is 2.